The highest BCUT2D eigenvalue weighted by atomic mass is 16.1. The zero-order valence-corrected chi connectivity index (χ0v) is 9.20. The predicted octanol–water partition coefficient (Wildman–Crippen LogP) is 3.20. The van der Waals surface area contributed by atoms with Crippen LogP contribution in [0.1, 0.15) is 39.5 Å². The number of allylic oxidation sites excluding steroid dienone is 2. The van der Waals surface area contributed by atoms with Crippen LogP contribution in [0.2, 0.25) is 0 Å². The molecule has 2 rings (SSSR count). The Balaban J connectivity index is 1.90. The predicted molar refractivity (Wildman–Crippen MR) is 57.9 cm³/mol. The number of hydrogen-bond acceptors (Lipinski definition) is 1. The monoisotopic (exact) mass is 192 g/mol. The van der Waals surface area contributed by atoms with Crippen LogP contribution in [-0.4, -0.2) is 5.78 Å². The maximum Gasteiger partial charge on any atom is 0.136 e. The van der Waals surface area contributed by atoms with Gasteiger partial charge in [-0.2, -0.15) is 0 Å². The molecule has 0 saturated heterocycles. The van der Waals surface area contributed by atoms with Crippen molar-refractivity contribution >= 4 is 5.78 Å². The molecule has 0 aromatic heterocycles. The van der Waals surface area contributed by atoms with E-state index in [1.165, 1.54) is 6.42 Å². The van der Waals surface area contributed by atoms with E-state index in [9.17, 15) is 4.79 Å². The van der Waals surface area contributed by atoms with E-state index >= 15 is 0 Å². The van der Waals surface area contributed by atoms with Crippen LogP contribution in [0.15, 0.2) is 12.2 Å². The molecule has 0 N–H and O–H groups in total. The normalized spacial score (nSPS) is 36.3. The smallest absolute Gasteiger partial charge is 0.136 e. The van der Waals surface area contributed by atoms with Crippen LogP contribution >= 0.6 is 0 Å². The number of carbonyl (C=O) groups is 1. The summed E-state index contributed by atoms with van der Waals surface area (Å²) in [6.07, 6.45) is 8.89. The molecule has 0 aliphatic heterocycles. The summed E-state index contributed by atoms with van der Waals surface area (Å²) in [6, 6.07) is 0. The lowest BCUT2D eigenvalue weighted by Crippen LogP contribution is -2.20. The zero-order valence-electron chi connectivity index (χ0n) is 9.20. The highest BCUT2D eigenvalue weighted by molar-refractivity contribution is 5.82. The van der Waals surface area contributed by atoms with Gasteiger partial charge in [-0.05, 0) is 30.6 Å². The SMILES string of the molecule is CCC(C)CC(=O)C1CC2C=CC1C2. The molecule has 0 radical (unpaired) electrons. The minimum atomic E-state index is 0.374. The van der Waals surface area contributed by atoms with Gasteiger partial charge in [-0.25, -0.2) is 0 Å². The minimum Gasteiger partial charge on any atom is -0.299 e. The first-order valence-corrected chi connectivity index (χ1v) is 5.91. The lowest BCUT2D eigenvalue weighted by molar-refractivity contribution is -0.124. The fourth-order valence-electron chi connectivity index (χ4n) is 2.79. The molecule has 2 bridgehead atoms. The molecule has 1 heteroatoms. The molecular formula is C13H20O. The highest BCUT2D eigenvalue weighted by Crippen LogP contribution is 2.44. The van der Waals surface area contributed by atoms with Gasteiger partial charge < -0.3 is 0 Å². The molecule has 0 heterocycles. The van der Waals surface area contributed by atoms with Crippen molar-refractivity contribution in [2.24, 2.45) is 23.7 Å². The molecule has 2 aliphatic rings. The average Bonchev–Trinajstić information content (AvgIpc) is 2.78. The lowest BCUT2D eigenvalue weighted by atomic mass is 9.85. The molecule has 4 atom stereocenters. The van der Waals surface area contributed by atoms with Gasteiger partial charge in [0.1, 0.15) is 5.78 Å². The molecule has 0 aromatic rings. The van der Waals surface area contributed by atoms with Crippen molar-refractivity contribution in [2.75, 3.05) is 0 Å². The molecule has 0 aromatic carbocycles. The fourth-order valence-corrected chi connectivity index (χ4v) is 2.79. The van der Waals surface area contributed by atoms with Crippen LogP contribution in [0.5, 0.6) is 0 Å². The maximum atomic E-state index is 12.0. The molecule has 2 aliphatic carbocycles. The first-order chi connectivity index (χ1) is 6.70. The molecule has 1 saturated carbocycles. The summed E-state index contributed by atoms with van der Waals surface area (Å²) in [5.74, 6) is 2.79. The van der Waals surface area contributed by atoms with E-state index in [-0.39, 0.29) is 0 Å². The van der Waals surface area contributed by atoms with Gasteiger partial charge in [-0.15, -0.1) is 0 Å². The highest BCUT2D eigenvalue weighted by Gasteiger charge is 2.39. The van der Waals surface area contributed by atoms with Crippen molar-refractivity contribution < 1.29 is 4.79 Å². The van der Waals surface area contributed by atoms with Crippen LogP contribution in [0.3, 0.4) is 0 Å². The van der Waals surface area contributed by atoms with E-state index < -0.39 is 0 Å². The Kier molecular flexibility index (Phi) is 2.76. The Labute approximate surface area is 86.6 Å². The summed E-state index contributed by atoms with van der Waals surface area (Å²) in [4.78, 5) is 12.0. The molecule has 1 nitrogen and oxygen atoms in total. The standard InChI is InChI=1S/C13H20O/c1-3-9(2)6-13(14)12-8-10-4-5-11(12)7-10/h4-5,9-12H,3,6-8H2,1-2H3. The largest absolute Gasteiger partial charge is 0.299 e. The van der Waals surface area contributed by atoms with Gasteiger partial charge in [0.2, 0.25) is 0 Å². The first kappa shape index (κ1) is 9.95. The van der Waals surface area contributed by atoms with Crippen molar-refractivity contribution in [1.29, 1.82) is 0 Å². The Bertz CT molecular complexity index is 254. The third-order valence-electron chi connectivity index (χ3n) is 3.94. The van der Waals surface area contributed by atoms with Gasteiger partial charge in [0.25, 0.3) is 0 Å². The van der Waals surface area contributed by atoms with E-state index in [0.717, 1.165) is 25.2 Å². The number of rotatable bonds is 4. The Morgan fingerprint density at radius 1 is 1.43 bits per heavy atom. The van der Waals surface area contributed by atoms with Crippen molar-refractivity contribution in [3.8, 4) is 0 Å². The second-order valence-corrected chi connectivity index (χ2v) is 5.07. The first-order valence-electron chi connectivity index (χ1n) is 5.91. The quantitative estimate of drug-likeness (QED) is 0.625. The van der Waals surface area contributed by atoms with Gasteiger partial charge in [0.05, 0.1) is 0 Å². The van der Waals surface area contributed by atoms with Crippen LogP contribution < -0.4 is 0 Å². The van der Waals surface area contributed by atoms with E-state index in [1.807, 2.05) is 0 Å². The third-order valence-corrected chi connectivity index (χ3v) is 3.94. The van der Waals surface area contributed by atoms with Crippen LogP contribution in [-0.2, 0) is 4.79 Å². The molecular weight excluding hydrogens is 172 g/mol. The number of hydrogen-bond donors (Lipinski definition) is 0. The van der Waals surface area contributed by atoms with Crippen molar-refractivity contribution in [3.63, 3.8) is 0 Å². The fraction of sp³-hybridized carbons (Fsp3) is 0.769. The van der Waals surface area contributed by atoms with Gasteiger partial charge in [-0.3, -0.25) is 4.79 Å². The third kappa shape index (κ3) is 1.77. The molecule has 1 fully saturated rings. The molecule has 78 valence electrons. The van der Waals surface area contributed by atoms with Crippen molar-refractivity contribution in [1.82, 2.24) is 0 Å². The summed E-state index contributed by atoms with van der Waals surface area (Å²) in [6.45, 7) is 4.35. The summed E-state index contributed by atoms with van der Waals surface area (Å²) in [7, 11) is 0. The van der Waals surface area contributed by atoms with Crippen molar-refractivity contribution in [3.05, 3.63) is 12.2 Å². The van der Waals surface area contributed by atoms with Gasteiger partial charge >= 0.3 is 0 Å². The molecule has 0 spiro atoms. The second kappa shape index (κ2) is 3.88. The number of fused-ring (bicyclic) bond motifs is 2. The summed E-state index contributed by atoms with van der Waals surface area (Å²) in [5, 5.41) is 0. The number of carbonyl (C=O) groups excluding carboxylic acids is 1. The van der Waals surface area contributed by atoms with Crippen LogP contribution in [0, 0.1) is 23.7 Å². The molecule has 0 amide bonds. The van der Waals surface area contributed by atoms with Crippen LogP contribution in [0.4, 0.5) is 0 Å². The summed E-state index contributed by atoms with van der Waals surface area (Å²) in [5.41, 5.74) is 0. The number of Topliss-reactive ketones (excluding diaryl/α,β-unsaturated/α-hetero) is 1. The van der Waals surface area contributed by atoms with Crippen LogP contribution in [0.25, 0.3) is 0 Å². The molecule has 14 heavy (non-hydrogen) atoms. The van der Waals surface area contributed by atoms with Gasteiger partial charge in [-0.1, -0.05) is 32.4 Å². The van der Waals surface area contributed by atoms with E-state index in [4.69, 9.17) is 0 Å². The summed E-state index contributed by atoms with van der Waals surface area (Å²) < 4.78 is 0. The lowest BCUT2D eigenvalue weighted by Gasteiger charge is -2.18. The summed E-state index contributed by atoms with van der Waals surface area (Å²) >= 11 is 0. The van der Waals surface area contributed by atoms with Gasteiger partial charge in [0, 0.05) is 12.3 Å². The Hall–Kier alpha value is -0.590. The van der Waals surface area contributed by atoms with E-state index in [1.54, 1.807) is 0 Å². The average molecular weight is 192 g/mol. The van der Waals surface area contributed by atoms with Gasteiger partial charge in [0.15, 0.2) is 0 Å². The maximum absolute atomic E-state index is 12.0. The van der Waals surface area contributed by atoms with E-state index in [2.05, 4.69) is 26.0 Å². The van der Waals surface area contributed by atoms with E-state index in [0.29, 0.717) is 23.5 Å². The zero-order chi connectivity index (χ0) is 10.1. The van der Waals surface area contributed by atoms with Crippen molar-refractivity contribution in [2.45, 2.75) is 39.5 Å². The Morgan fingerprint density at radius 3 is 2.71 bits per heavy atom. The Morgan fingerprint density at radius 2 is 2.21 bits per heavy atom. The minimum absolute atomic E-state index is 0.374. The molecule has 4 unspecified atom stereocenters. The number of ketones is 1. The second-order valence-electron chi connectivity index (χ2n) is 5.07. The topological polar surface area (TPSA) is 17.1 Å².